The van der Waals surface area contributed by atoms with Crippen LogP contribution < -0.4 is 10.2 Å². The summed E-state index contributed by atoms with van der Waals surface area (Å²) in [6.07, 6.45) is 1.58. The smallest absolute Gasteiger partial charge is 0.270 e. The molecule has 0 atom stereocenters. The molecule has 24 heavy (non-hydrogen) atoms. The fraction of sp³-hybridized carbons (Fsp3) is 0.0556. The molecule has 0 spiro atoms. The van der Waals surface area contributed by atoms with Crippen molar-refractivity contribution >= 4 is 52.5 Å². The second-order valence-electron chi connectivity index (χ2n) is 5.29. The van der Waals surface area contributed by atoms with Gasteiger partial charge in [-0.05, 0) is 60.6 Å². The van der Waals surface area contributed by atoms with Gasteiger partial charge < -0.3 is 0 Å². The first-order valence-corrected chi connectivity index (χ1v) is 7.98. The second kappa shape index (κ2) is 6.55. The Kier molecular flexibility index (Phi) is 4.46. The number of benzene rings is 2. The molecular weight excluding hydrogens is 344 g/mol. The fourth-order valence-corrected chi connectivity index (χ4v) is 2.79. The summed E-state index contributed by atoms with van der Waals surface area (Å²) in [5.41, 5.74) is 2.36. The maximum Gasteiger partial charge on any atom is 0.270 e. The van der Waals surface area contributed by atoms with Crippen LogP contribution in [0.3, 0.4) is 0 Å². The number of carbonyl (C=O) groups excluding carboxylic acids is 2. The second-order valence-corrected chi connectivity index (χ2v) is 6.11. The molecule has 6 heteroatoms. The minimum absolute atomic E-state index is 0.0350. The quantitative estimate of drug-likeness (QED) is 0.509. The predicted molar refractivity (Wildman–Crippen MR) is 98.8 cm³/mol. The first-order chi connectivity index (χ1) is 11.5. The zero-order valence-corrected chi connectivity index (χ0v) is 14.3. The van der Waals surface area contributed by atoms with E-state index in [4.69, 9.17) is 23.8 Å². The Labute approximate surface area is 149 Å². The minimum Gasteiger partial charge on any atom is -0.298 e. The molecule has 0 aliphatic carbocycles. The van der Waals surface area contributed by atoms with Crippen LogP contribution in [-0.4, -0.2) is 16.9 Å². The van der Waals surface area contributed by atoms with Crippen LogP contribution in [-0.2, 0) is 9.59 Å². The van der Waals surface area contributed by atoms with Crippen molar-refractivity contribution in [3.05, 3.63) is 70.3 Å². The Morgan fingerprint density at radius 1 is 1.08 bits per heavy atom. The molecule has 0 radical (unpaired) electrons. The van der Waals surface area contributed by atoms with E-state index in [-0.39, 0.29) is 10.7 Å². The van der Waals surface area contributed by atoms with Gasteiger partial charge in [-0.15, -0.1) is 0 Å². The molecule has 2 aromatic carbocycles. The Hall–Kier alpha value is -2.50. The van der Waals surface area contributed by atoms with Gasteiger partial charge >= 0.3 is 0 Å². The number of nitrogens with one attached hydrogen (secondary N) is 1. The molecule has 4 nitrogen and oxygen atoms in total. The van der Waals surface area contributed by atoms with Gasteiger partial charge in [0.2, 0.25) is 0 Å². The summed E-state index contributed by atoms with van der Waals surface area (Å²) in [6, 6.07) is 14.2. The average Bonchev–Trinajstić information content (AvgIpc) is 2.54. The lowest BCUT2D eigenvalue weighted by atomic mass is 10.0. The van der Waals surface area contributed by atoms with Crippen LogP contribution in [0.25, 0.3) is 6.08 Å². The SMILES string of the molecule is Cc1ccccc1/C=C1/C(=O)NC(=S)N(c2ccc(Cl)cc2)C1=O. The highest BCUT2D eigenvalue weighted by atomic mass is 35.5. The van der Waals surface area contributed by atoms with Crippen molar-refractivity contribution in [1.82, 2.24) is 5.32 Å². The van der Waals surface area contributed by atoms with Crippen molar-refractivity contribution in [2.75, 3.05) is 4.90 Å². The molecule has 1 saturated heterocycles. The first kappa shape index (κ1) is 16.4. The van der Waals surface area contributed by atoms with Crippen molar-refractivity contribution < 1.29 is 9.59 Å². The monoisotopic (exact) mass is 356 g/mol. The molecule has 1 aliphatic heterocycles. The molecular formula is C18H13ClN2O2S. The molecule has 3 rings (SSSR count). The highest BCUT2D eigenvalue weighted by molar-refractivity contribution is 7.80. The van der Waals surface area contributed by atoms with Crippen molar-refractivity contribution in [2.24, 2.45) is 0 Å². The zero-order chi connectivity index (χ0) is 17.3. The molecule has 0 bridgehead atoms. The summed E-state index contributed by atoms with van der Waals surface area (Å²) < 4.78 is 0. The Morgan fingerprint density at radius 3 is 2.42 bits per heavy atom. The number of anilines is 1. The van der Waals surface area contributed by atoms with Crippen molar-refractivity contribution in [3.63, 3.8) is 0 Å². The van der Waals surface area contributed by atoms with Gasteiger partial charge in [0.25, 0.3) is 11.8 Å². The lowest BCUT2D eigenvalue weighted by Crippen LogP contribution is -2.54. The highest BCUT2D eigenvalue weighted by Crippen LogP contribution is 2.24. The number of thiocarbonyl (C=S) groups is 1. The first-order valence-electron chi connectivity index (χ1n) is 7.20. The highest BCUT2D eigenvalue weighted by Gasteiger charge is 2.34. The summed E-state index contributed by atoms with van der Waals surface area (Å²) in [4.78, 5) is 26.3. The van der Waals surface area contributed by atoms with Crippen molar-refractivity contribution in [2.45, 2.75) is 6.92 Å². The molecule has 1 fully saturated rings. The van der Waals surface area contributed by atoms with Gasteiger partial charge in [0.05, 0.1) is 5.69 Å². The van der Waals surface area contributed by atoms with E-state index in [0.29, 0.717) is 10.7 Å². The summed E-state index contributed by atoms with van der Waals surface area (Å²) >= 11 is 11.0. The van der Waals surface area contributed by atoms with E-state index in [1.54, 1.807) is 30.3 Å². The molecule has 0 aromatic heterocycles. The molecule has 1 aliphatic rings. The molecule has 2 aromatic rings. The van der Waals surface area contributed by atoms with Gasteiger partial charge in [0.15, 0.2) is 5.11 Å². The maximum absolute atomic E-state index is 12.8. The average molecular weight is 357 g/mol. The topological polar surface area (TPSA) is 49.4 Å². The van der Waals surface area contributed by atoms with Gasteiger partial charge in [-0.2, -0.15) is 0 Å². The van der Waals surface area contributed by atoms with Crippen LogP contribution in [0.1, 0.15) is 11.1 Å². The number of hydrogen-bond donors (Lipinski definition) is 1. The molecule has 120 valence electrons. The van der Waals surface area contributed by atoms with E-state index in [9.17, 15) is 9.59 Å². The number of aryl methyl sites for hydroxylation is 1. The third-order valence-corrected chi connectivity index (χ3v) is 4.21. The zero-order valence-electron chi connectivity index (χ0n) is 12.7. The predicted octanol–water partition coefficient (Wildman–Crippen LogP) is 3.48. The van der Waals surface area contributed by atoms with Crippen LogP contribution in [0.4, 0.5) is 5.69 Å². The van der Waals surface area contributed by atoms with Crippen LogP contribution in [0, 0.1) is 6.92 Å². The lowest BCUT2D eigenvalue weighted by molar-refractivity contribution is -0.122. The van der Waals surface area contributed by atoms with E-state index in [2.05, 4.69) is 5.32 Å². The molecule has 0 saturated carbocycles. The molecule has 0 unspecified atom stereocenters. The van der Waals surface area contributed by atoms with Crippen LogP contribution in [0.5, 0.6) is 0 Å². The van der Waals surface area contributed by atoms with E-state index >= 15 is 0 Å². The van der Waals surface area contributed by atoms with Gasteiger partial charge in [0.1, 0.15) is 5.57 Å². The van der Waals surface area contributed by atoms with Gasteiger partial charge in [-0.1, -0.05) is 35.9 Å². The Balaban J connectivity index is 2.03. The Bertz CT molecular complexity index is 875. The largest absolute Gasteiger partial charge is 0.298 e. The lowest BCUT2D eigenvalue weighted by Gasteiger charge is -2.29. The summed E-state index contributed by atoms with van der Waals surface area (Å²) in [5, 5.41) is 3.16. The van der Waals surface area contributed by atoms with E-state index in [0.717, 1.165) is 11.1 Å². The van der Waals surface area contributed by atoms with Crippen molar-refractivity contribution in [1.29, 1.82) is 0 Å². The maximum atomic E-state index is 12.8. The van der Waals surface area contributed by atoms with Gasteiger partial charge in [-0.25, -0.2) is 0 Å². The van der Waals surface area contributed by atoms with Crippen LogP contribution in [0.2, 0.25) is 5.02 Å². The number of rotatable bonds is 2. The third kappa shape index (κ3) is 3.09. The van der Waals surface area contributed by atoms with Gasteiger partial charge in [0, 0.05) is 5.02 Å². The minimum atomic E-state index is -0.501. The molecule has 1 heterocycles. The fourth-order valence-electron chi connectivity index (χ4n) is 2.39. The van der Waals surface area contributed by atoms with E-state index < -0.39 is 11.8 Å². The summed E-state index contributed by atoms with van der Waals surface area (Å²) in [5.74, 6) is -0.965. The number of nitrogens with zero attached hydrogens (tertiary/aromatic N) is 1. The van der Waals surface area contributed by atoms with Crippen LogP contribution in [0.15, 0.2) is 54.1 Å². The number of hydrogen-bond acceptors (Lipinski definition) is 3. The number of halogens is 1. The number of carbonyl (C=O) groups is 2. The Morgan fingerprint density at radius 2 is 1.75 bits per heavy atom. The summed E-state index contributed by atoms with van der Waals surface area (Å²) in [7, 11) is 0. The van der Waals surface area contributed by atoms with E-state index in [1.165, 1.54) is 4.90 Å². The normalized spacial score (nSPS) is 16.5. The number of amides is 2. The summed E-state index contributed by atoms with van der Waals surface area (Å²) in [6.45, 7) is 1.92. The van der Waals surface area contributed by atoms with E-state index in [1.807, 2.05) is 31.2 Å². The van der Waals surface area contributed by atoms with Gasteiger partial charge in [-0.3, -0.25) is 19.8 Å². The molecule has 1 N–H and O–H groups in total. The van der Waals surface area contributed by atoms with Crippen LogP contribution >= 0.6 is 23.8 Å². The van der Waals surface area contributed by atoms with Crippen molar-refractivity contribution in [3.8, 4) is 0 Å². The standard InChI is InChI=1S/C18H13ClN2O2S/c1-11-4-2-3-5-12(11)10-15-16(22)20-18(24)21(17(15)23)14-8-6-13(19)7-9-14/h2-10H,1H3,(H,20,22,24)/b15-10-. The molecule has 2 amide bonds. The third-order valence-electron chi connectivity index (χ3n) is 3.67.